The number of thioether (sulfide) groups is 1. The van der Waals surface area contributed by atoms with E-state index in [2.05, 4.69) is 17.6 Å². The van der Waals surface area contributed by atoms with Crippen LogP contribution in [0.25, 0.3) is 0 Å². The molecule has 180 valence electrons. The molecule has 1 aromatic carbocycles. The third-order valence-corrected chi connectivity index (χ3v) is 9.71. The van der Waals surface area contributed by atoms with E-state index in [9.17, 15) is 19.5 Å². The van der Waals surface area contributed by atoms with Crippen molar-refractivity contribution in [3.63, 3.8) is 0 Å². The van der Waals surface area contributed by atoms with Gasteiger partial charge in [-0.3, -0.25) is 14.4 Å². The molecule has 3 aliphatic heterocycles. The molecule has 0 aliphatic carbocycles. The molecule has 0 saturated carbocycles. The lowest BCUT2D eigenvalue weighted by Crippen LogP contribution is -2.55. The Morgan fingerprint density at radius 1 is 1.24 bits per heavy atom. The third-order valence-electron chi connectivity index (χ3n) is 7.63. The molecule has 3 saturated heterocycles. The van der Waals surface area contributed by atoms with Gasteiger partial charge in [-0.25, -0.2) is 0 Å². The van der Waals surface area contributed by atoms with Crippen molar-refractivity contribution in [3.05, 3.63) is 29.3 Å². The van der Waals surface area contributed by atoms with Crippen molar-refractivity contribution in [2.45, 2.75) is 63.0 Å². The van der Waals surface area contributed by atoms with Crippen LogP contribution in [0.4, 0.5) is 5.69 Å². The van der Waals surface area contributed by atoms with Gasteiger partial charge in [0.2, 0.25) is 17.7 Å². The van der Waals surface area contributed by atoms with E-state index in [1.165, 1.54) is 0 Å². The molecule has 8 heteroatoms. The number of carbonyl (C=O) groups is 3. The first kappa shape index (κ1) is 24.1. The molecular formula is C25H35N3O4S. The number of nitrogens with zero attached hydrogens (tertiary/aromatic N) is 1. The van der Waals surface area contributed by atoms with Crippen molar-refractivity contribution >= 4 is 35.2 Å². The summed E-state index contributed by atoms with van der Waals surface area (Å²) in [5, 5.41) is 15.6. The summed E-state index contributed by atoms with van der Waals surface area (Å²) >= 11 is 1.68. The Labute approximate surface area is 200 Å². The van der Waals surface area contributed by atoms with E-state index >= 15 is 0 Å². The van der Waals surface area contributed by atoms with E-state index in [0.29, 0.717) is 19.5 Å². The largest absolute Gasteiger partial charge is 0.396 e. The predicted octanol–water partition coefficient (Wildman–Crippen LogP) is 2.49. The number of fused-ring (bicyclic) bond motifs is 1. The summed E-state index contributed by atoms with van der Waals surface area (Å²) < 4.78 is -0.633. The maximum atomic E-state index is 13.9. The van der Waals surface area contributed by atoms with Crippen molar-refractivity contribution < 1.29 is 19.5 Å². The number of anilines is 1. The van der Waals surface area contributed by atoms with Gasteiger partial charge in [-0.1, -0.05) is 32.0 Å². The zero-order chi connectivity index (χ0) is 23.9. The predicted molar refractivity (Wildman–Crippen MR) is 130 cm³/mol. The molecule has 33 heavy (non-hydrogen) atoms. The minimum absolute atomic E-state index is 0.0429. The van der Waals surface area contributed by atoms with Gasteiger partial charge in [0.05, 0.1) is 16.6 Å². The van der Waals surface area contributed by atoms with Crippen molar-refractivity contribution in [2.24, 2.45) is 17.8 Å². The van der Waals surface area contributed by atoms with Crippen LogP contribution in [0.2, 0.25) is 0 Å². The molecule has 2 bridgehead atoms. The molecule has 4 rings (SSSR count). The normalized spacial score (nSPS) is 32.2. The number of aliphatic hydroxyl groups is 1. The van der Waals surface area contributed by atoms with Gasteiger partial charge in [0.25, 0.3) is 0 Å². The molecule has 3 amide bonds. The second-order valence-corrected chi connectivity index (χ2v) is 11.3. The van der Waals surface area contributed by atoms with Gasteiger partial charge in [-0.15, -0.1) is 11.8 Å². The Hall–Kier alpha value is -2.06. The second kappa shape index (κ2) is 9.29. The van der Waals surface area contributed by atoms with E-state index < -0.39 is 22.6 Å². The van der Waals surface area contributed by atoms with Crippen molar-refractivity contribution in [2.75, 3.05) is 25.0 Å². The van der Waals surface area contributed by atoms with Gasteiger partial charge in [-0.05, 0) is 50.2 Å². The average Bonchev–Trinajstić information content (AvgIpc) is 3.37. The molecule has 0 radical (unpaired) electrons. The number of hydrogen-bond acceptors (Lipinski definition) is 5. The number of para-hydroxylation sites is 1. The van der Waals surface area contributed by atoms with Crippen LogP contribution in [0.3, 0.4) is 0 Å². The zero-order valence-electron chi connectivity index (χ0n) is 19.9. The molecule has 7 nitrogen and oxygen atoms in total. The van der Waals surface area contributed by atoms with Crippen molar-refractivity contribution in [1.29, 1.82) is 0 Å². The number of nitrogens with one attached hydrogen (secondary N) is 2. The van der Waals surface area contributed by atoms with E-state index in [-0.39, 0.29) is 35.5 Å². The van der Waals surface area contributed by atoms with Crippen LogP contribution >= 0.6 is 11.8 Å². The first-order chi connectivity index (χ1) is 15.8. The minimum Gasteiger partial charge on any atom is -0.396 e. The molecular weight excluding hydrogens is 438 g/mol. The van der Waals surface area contributed by atoms with Gasteiger partial charge in [0, 0.05) is 30.6 Å². The summed E-state index contributed by atoms with van der Waals surface area (Å²) in [7, 11) is 0. The molecule has 3 heterocycles. The standard InChI is InChI=1S/C25H35N3O4S/c1-5-10-26-22(30)18-17-13-16(4)25(33-17)19(18)24(32)28(11-7-12-29)21(25)23(31)27-20-14(2)8-6-9-15(20)3/h6,8-9,16-19,21,29H,5,7,10-13H2,1-4H3,(H,26,30)(H,27,31)/t16?,17-,18+,19-,21?,25?/m0/s1. The van der Waals surface area contributed by atoms with Crippen LogP contribution < -0.4 is 10.6 Å². The number of aliphatic hydroxyl groups excluding tert-OH is 1. The fourth-order valence-electron chi connectivity index (χ4n) is 6.17. The summed E-state index contributed by atoms with van der Waals surface area (Å²) in [5.74, 6) is -1.19. The highest BCUT2D eigenvalue weighted by atomic mass is 32.2. The van der Waals surface area contributed by atoms with Gasteiger partial charge >= 0.3 is 0 Å². The number of carbonyl (C=O) groups excluding carboxylic acids is 3. The van der Waals surface area contributed by atoms with Crippen LogP contribution in [-0.4, -0.2) is 63.5 Å². The molecule has 3 N–H and O–H groups in total. The molecule has 3 fully saturated rings. The lowest BCUT2D eigenvalue weighted by Gasteiger charge is -2.38. The lowest BCUT2D eigenvalue weighted by molar-refractivity contribution is -0.139. The van der Waals surface area contributed by atoms with Crippen LogP contribution in [0.1, 0.15) is 44.2 Å². The quantitative estimate of drug-likeness (QED) is 0.539. The Balaban J connectivity index is 1.72. The molecule has 1 aromatic rings. The monoisotopic (exact) mass is 473 g/mol. The molecule has 1 spiro atoms. The summed E-state index contributed by atoms with van der Waals surface area (Å²) in [4.78, 5) is 42.4. The van der Waals surface area contributed by atoms with Gasteiger partial charge < -0.3 is 20.6 Å². The minimum atomic E-state index is -0.672. The number of likely N-dealkylation sites (tertiary alicyclic amines) is 1. The van der Waals surface area contributed by atoms with Gasteiger partial charge in [-0.2, -0.15) is 0 Å². The highest BCUT2D eigenvalue weighted by Crippen LogP contribution is 2.68. The smallest absolute Gasteiger partial charge is 0.248 e. The summed E-state index contributed by atoms with van der Waals surface area (Å²) in [6.45, 7) is 8.87. The number of aryl methyl sites for hydroxylation is 2. The maximum Gasteiger partial charge on any atom is 0.248 e. The SMILES string of the molecule is CCCNC(=O)[C@@H]1[C@@H]2CC(C)C3(S2)C(C(=O)Nc2c(C)cccc2C)N(CCCO)C(=O)[C@H]13. The fourth-order valence-corrected chi connectivity index (χ4v) is 8.59. The number of amides is 3. The van der Waals surface area contributed by atoms with Gasteiger partial charge in [0.1, 0.15) is 6.04 Å². The number of hydrogen-bond donors (Lipinski definition) is 3. The summed E-state index contributed by atoms with van der Waals surface area (Å²) in [6.07, 6.45) is 2.05. The van der Waals surface area contributed by atoms with Crippen molar-refractivity contribution in [3.8, 4) is 0 Å². The first-order valence-electron chi connectivity index (χ1n) is 12.0. The number of rotatable bonds is 8. The Kier molecular flexibility index (Phi) is 6.78. The molecule has 6 atom stereocenters. The number of benzene rings is 1. The third kappa shape index (κ3) is 3.75. The van der Waals surface area contributed by atoms with E-state index in [4.69, 9.17) is 0 Å². The van der Waals surface area contributed by atoms with Crippen LogP contribution in [0.15, 0.2) is 18.2 Å². The van der Waals surface area contributed by atoms with E-state index in [1.54, 1.807) is 16.7 Å². The Morgan fingerprint density at radius 3 is 2.58 bits per heavy atom. The molecule has 3 unspecified atom stereocenters. The highest BCUT2D eigenvalue weighted by Gasteiger charge is 2.75. The lowest BCUT2D eigenvalue weighted by atomic mass is 9.66. The Morgan fingerprint density at radius 2 is 1.94 bits per heavy atom. The van der Waals surface area contributed by atoms with E-state index in [1.807, 2.05) is 39.0 Å². The summed E-state index contributed by atoms with van der Waals surface area (Å²) in [5.41, 5.74) is 2.72. The highest BCUT2D eigenvalue weighted by molar-refractivity contribution is 8.02. The van der Waals surface area contributed by atoms with Crippen molar-refractivity contribution in [1.82, 2.24) is 10.2 Å². The van der Waals surface area contributed by atoms with Crippen LogP contribution in [0, 0.1) is 31.6 Å². The summed E-state index contributed by atoms with van der Waals surface area (Å²) in [6, 6.07) is 5.20. The van der Waals surface area contributed by atoms with Crippen LogP contribution in [-0.2, 0) is 14.4 Å². The zero-order valence-corrected chi connectivity index (χ0v) is 20.7. The topological polar surface area (TPSA) is 98.7 Å². The molecule has 3 aliphatic rings. The molecule has 0 aromatic heterocycles. The first-order valence-corrected chi connectivity index (χ1v) is 12.9. The Bertz CT molecular complexity index is 933. The van der Waals surface area contributed by atoms with Gasteiger partial charge in [0.15, 0.2) is 0 Å². The average molecular weight is 474 g/mol. The van der Waals surface area contributed by atoms with Crippen LogP contribution in [0.5, 0.6) is 0 Å². The second-order valence-electron chi connectivity index (χ2n) is 9.71. The maximum absolute atomic E-state index is 13.9. The van der Waals surface area contributed by atoms with E-state index in [0.717, 1.165) is 29.7 Å². The fraction of sp³-hybridized carbons (Fsp3) is 0.640.